The van der Waals surface area contributed by atoms with E-state index in [9.17, 15) is 9.90 Å². The largest absolute Gasteiger partial charge is 0.528 e. The van der Waals surface area contributed by atoms with Crippen molar-refractivity contribution in [1.82, 2.24) is 20.0 Å². The van der Waals surface area contributed by atoms with Crippen LogP contribution in [0.15, 0.2) is 18.5 Å². The second kappa shape index (κ2) is 12.4. The molecule has 0 saturated carbocycles. The van der Waals surface area contributed by atoms with Gasteiger partial charge in [0, 0.05) is 32.5 Å². The molecule has 0 bridgehead atoms. The lowest BCUT2D eigenvalue weighted by atomic mass is 10.1. The van der Waals surface area contributed by atoms with Gasteiger partial charge in [0.05, 0.1) is 30.7 Å². The summed E-state index contributed by atoms with van der Waals surface area (Å²) in [6.45, 7) is 8.54. The molecule has 3 rings (SSSR count). The lowest BCUT2D eigenvalue weighted by Gasteiger charge is -2.30. The first-order chi connectivity index (χ1) is 16.7. The topological polar surface area (TPSA) is 140 Å². The van der Waals surface area contributed by atoms with Crippen molar-refractivity contribution in [1.29, 1.82) is 0 Å². The van der Waals surface area contributed by atoms with E-state index in [2.05, 4.69) is 25.6 Å². The zero-order valence-electron chi connectivity index (χ0n) is 20.8. The van der Waals surface area contributed by atoms with Gasteiger partial charge in [-0.3, -0.25) is 0 Å². The second-order valence-electron chi connectivity index (χ2n) is 8.50. The highest BCUT2D eigenvalue weighted by Crippen LogP contribution is 2.35. The number of aromatic nitrogens is 3. The zero-order valence-corrected chi connectivity index (χ0v) is 20.8. The monoisotopic (exact) mass is 490 g/mol. The third kappa shape index (κ3) is 7.82. The Bertz CT molecular complexity index is 981. The highest BCUT2D eigenvalue weighted by atomic mass is 16.8. The number of anilines is 3. The average Bonchev–Trinajstić information content (AvgIpc) is 2.80. The summed E-state index contributed by atoms with van der Waals surface area (Å²) in [7, 11) is 1.53. The summed E-state index contributed by atoms with van der Waals surface area (Å²) < 4.78 is 16.7. The molecule has 35 heavy (non-hydrogen) atoms. The molecule has 1 saturated heterocycles. The van der Waals surface area contributed by atoms with Crippen LogP contribution >= 0.6 is 0 Å². The fraction of sp³-hybridized carbons (Fsp3) is 0.565. The maximum Gasteiger partial charge on any atom is 0.528 e. The van der Waals surface area contributed by atoms with E-state index < -0.39 is 12.3 Å². The van der Waals surface area contributed by atoms with E-state index in [0.717, 1.165) is 11.4 Å². The standard InChI is InChI=1S/C23H34N6O6/c1-14(2)33-23(31)35-29-10-8-17(9-11-29)34-22-20(32-5)21(25-13-26-22)28-18-6-7-19(27-16(18)4)24-12-15(3)30/h6-7,13-15,17,30H,8-12H2,1-5H3,(H,24,27)(H,25,26,28). The fourth-order valence-electron chi connectivity index (χ4n) is 3.40. The summed E-state index contributed by atoms with van der Waals surface area (Å²) in [4.78, 5) is 30.0. The minimum absolute atomic E-state index is 0.129. The summed E-state index contributed by atoms with van der Waals surface area (Å²) in [5.41, 5.74) is 1.49. The van der Waals surface area contributed by atoms with Gasteiger partial charge in [-0.2, -0.15) is 4.98 Å². The van der Waals surface area contributed by atoms with Crippen LogP contribution in [-0.4, -0.2) is 76.3 Å². The molecule has 2 aromatic rings. The lowest BCUT2D eigenvalue weighted by Crippen LogP contribution is -2.40. The number of ether oxygens (including phenoxy) is 3. The molecule has 0 aromatic carbocycles. The van der Waals surface area contributed by atoms with Gasteiger partial charge in [0.2, 0.25) is 5.75 Å². The van der Waals surface area contributed by atoms with Gasteiger partial charge in [-0.25, -0.2) is 14.8 Å². The van der Waals surface area contributed by atoms with E-state index >= 15 is 0 Å². The number of nitrogens with zero attached hydrogens (tertiary/aromatic N) is 4. The Morgan fingerprint density at radius 1 is 1.23 bits per heavy atom. The number of aliphatic hydroxyl groups is 1. The Hall–Kier alpha value is -3.38. The summed E-state index contributed by atoms with van der Waals surface area (Å²) in [5.74, 6) is 1.82. The maximum atomic E-state index is 11.7. The van der Waals surface area contributed by atoms with Gasteiger partial charge >= 0.3 is 6.16 Å². The number of piperidine rings is 1. The molecule has 3 heterocycles. The summed E-state index contributed by atoms with van der Waals surface area (Å²) in [5, 5.41) is 17.3. The third-order valence-corrected chi connectivity index (χ3v) is 5.11. The minimum atomic E-state index is -0.705. The van der Waals surface area contributed by atoms with Crippen LogP contribution in [0.25, 0.3) is 0 Å². The number of carbonyl (C=O) groups excluding carboxylic acids is 1. The van der Waals surface area contributed by atoms with Crippen LogP contribution < -0.4 is 20.1 Å². The predicted octanol–water partition coefficient (Wildman–Crippen LogP) is 3.04. The molecule has 1 aliphatic rings. The molecule has 0 radical (unpaired) electrons. The minimum Gasteiger partial charge on any atom is -0.489 e. The molecule has 1 fully saturated rings. The molecule has 0 amide bonds. The molecule has 0 spiro atoms. The molecule has 3 N–H and O–H groups in total. The molecule has 12 nitrogen and oxygen atoms in total. The van der Waals surface area contributed by atoms with Crippen molar-refractivity contribution < 1.29 is 28.9 Å². The highest BCUT2D eigenvalue weighted by Gasteiger charge is 2.26. The number of pyridine rings is 1. The van der Waals surface area contributed by atoms with Crippen molar-refractivity contribution in [2.24, 2.45) is 0 Å². The van der Waals surface area contributed by atoms with E-state index in [1.807, 2.05) is 19.1 Å². The fourth-order valence-corrected chi connectivity index (χ4v) is 3.40. The Kier molecular flexibility index (Phi) is 9.26. The van der Waals surface area contributed by atoms with E-state index in [1.54, 1.807) is 25.8 Å². The first-order valence-electron chi connectivity index (χ1n) is 11.6. The van der Waals surface area contributed by atoms with Gasteiger partial charge in [0.25, 0.3) is 5.88 Å². The Morgan fingerprint density at radius 2 is 1.97 bits per heavy atom. The van der Waals surface area contributed by atoms with Gasteiger partial charge in [-0.05, 0) is 39.8 Å². The molecular formula is C23H34N6O6. The number of rotatable bonds is 10. The molecular weight excluding hydrogens is 456 g/mol. The lowest BCUT2D eigenvalue weighted by molar-refractivity contribution is -0.151. The first-order valence-corrected chi connectivity index (χ1v) is 11.6. The van der Waals surface area contributed by atoms with Crippen molar-refractivity contribution >= 4 is 23.5 Å². The van der Waals surface area contributed by atoms with Crippen molar-refractivity contribution in [3.05, 3.63) is 24.2 Å². The summed E-state index contributed by atoms with van der Waals surface area (Å²) in [6, 6.07) is 3.68. The smallest absolute Gasteiger partial charge is 0.489 e. The second-order valence-corrected chi connectivity index (χ2v) is 8.50. The predicted molar refractivity (Wildman–Crippen MR) is 129 cm³/mol. The third-order valence-electron chi connectivity index (χ3n) is 5.11. The van der Waals surface area contributed by atoms with Crippen LogP contribution in [0.1, 0.15) is 39.3 Å². The van der Waals surface area contributed by atoms with E-state index in [0.29, 0.717) is 55.7 Å². The quantitative estimate of drug-likeness (QED) is 0.422. The Balaban J connectivity index is 1.61. The van der Waals surface area contributed by atoms with Crippen LogP contribution in [0.5, 0.6) is 11.6 Å². The Morgan fingerprint density at radius 3 is 2.60 bits per heavy atom. The van der Waals surface area contributed by atoms with Crippen LogP contribution in [0.4, 0.5) is 22.1 Å². The van der Waals surface area contributed by atoms with Crippen molar-refractivity contribution in [2.45, 2.75) is 58.8 Å². The normalized spacial score (nSPS) is 15.4. The van der Waals surface area contributed by atoms with E-state index in [-0.39, 0.29) is 12.2 Å². The first kappa shape index (κ1) is 26.2. The number of aliphatic hydroxyl groups excluding tert-OH is 1. The van der Waals surface area contributed by atoms with Crippen molar-refractivity contribution in [3.63, 3.8) is 0 Å². The number of hydroxylamine groups is 2. The number of methoxy groups -OCH3 is 1. The number of aryl methyl sites for hydroxylation is 1. The van der Waals surface area contributed by atoms with Crippen LogP contribution in [0.2, 0.25) is 0 Å². The number of hydrogen-bond acceptors (Lipinski definition) is 12. The molecule has 192 valence electrons. The van der Waals surface area contributed by atoms with Crippen LogP contribution in [0, 0.1) is 6.92 Å². The van der Waals surface area contributed by atoms with Gasteiger partial charge in [-0.15, -0.1) is 5.06 Å². The Labute approximate surface area is 204 Å². The highest BCUT2D eigenvalue weighted by molar-refractivity contribution is 5.67. The van der Waals surface area contributed by atoms with Crippen molar-refractivity contribution in [3.8, 4) is 11.6 Å². The van der Waals surface area contributed by atoms with E-state index in [1.165, 1.54) is 13.4 Å². The summed E-state index contributed by atoms with van der Waals surface area (Å²) >= 11 is 0. The number of hydrogen-bond donors (Lipinski definition) is 3. The zero-order chi connectivity index (χ0) is 25.4. The van der Waals surface area contributed by atoms with Gasteiger partial charge < -0.3 is 34.8 Å². The molecule has 1 aliphatic heterocycles. The van der Waals surface area contributed by atoms with Crippen molar-refractivity contribution in [2.75, 3.05) is 37.4 Å². The van der Waals surface area contributed by atoms with Crippen LogP contribution in [0.3, 0.4) is 0 Å². The van der Waals surface area contributed by atoms with E-state index in [4.69, 9.17) is 19.0 Å². The molecule has 1 unspecified atom stereocenters. The van der Waals surface area contributed by atoms with Gasteiger partial charge in [-0.1, -0.05) is 0 Å². The SMILES string of the molecule is COc1c(Nc2ccc(NCC(C)O)nc2C)ncnc1OC1CCN(OC(=O)OC(C)C)CC1. The average molecular weight is 491 g/mol. The van der Waals surface area contributed by atoms with Gasteiger partial charge in [0.15, 0.2) is 5.82 Å². The van der Waals surface area contributed by atoms with Crippen LogP contribution in [-0.2, 0) is 9.57 Å². The maximum absolute atomic E-state index is 11.7. The number of nitrogens with one attached hydrogen (secondary N) is 2. The number of carbonyl (C=O) groups is 1. The molecule has 12 heteroatoms. The summed E-state index contributed by atoms with van der Waals surface area (Å²) in [6.07, 6.45) is 1.13. The molecule has 2 aromatic heterocycles. The molecule has 0 aliphatic carbocycles. The molecule has 1 atom stereocenters. The van der Waals surface area contributed by atoms with Gasteiger partial charge in [0.1, 0.15) is 18.2 Å².